The predicted octanol–water partition coefficient (Wildman–Crippen LogP) is 1.28. The fraction of sp³-hybridized carbons (Fsp3) is 0.500. The molecule has 1 aliphatic carbocycles. The molecular formula is C14H18N2O4. The average molecular weight is 278 g/mol. The van der Waals surface area contributed by atoms with Crippen molar-refractivity contribution in [1.82, 2.24) is 9.88 Å². The van der Waals surface area contributed by atoms with E-state index in [1.54, 1.807) is 7.05 Å². The fourth-order valence-corrected chi connectivity index (χ4v) is 1.68. The van der Waals surface area contributed by atoms with Gasteiger partial charge in [0, 0.05) is 26.4 Å². The summed E-state index contributed by atoms with van der Waals surface area (Å²) in [6, 6.07) is 2.80. The molecule has 108 valence electrons. The monoisotopic (exact) mass is 278 g/mol. The van der Waals surface area contributed by atoms with Crippen LogP contribution in [0.25, 0.3) is 0 Å². The lowest BCUT2D eigenvalue weighted by molar-refractivity contribution is 0.0670. The van der Waals surface area contributed by atoms with E-state index >= 15 is 0 Å². The van der Waals surface area contributed by atoms with Crippen molar-refractivity contribution in [2.24, 2.45) is 5.92 Å². The Morgan fingerprint density at radius 2 is 2.20 bits per heavy atom. The third-order valence-electron chi connectivity index (χ3n) is 3.20. The second-order valence-electron chi connectivity index (χ2n) is 4.98. The van der Waals surface area contributed by atoms with Crippen LogP contribution >= 0.6 is 0 Å². The third-order valence-corrected chi connectivity index (χ3v) is 3.20. The summed E-state index contributed by atoms with van der Waals surface area (Å²) >= 11 is 0. The summed E-state index contributed by atoms with van der Waals surface area (Å²) in [5.74, 6) is -0.587. The Bertz CT molecular complexity index is 482. The molecule has 1 aromatic heterocycles. The Labute approximate surface area is 117 Å². The normalized spacial score (nSPS) is 14.1. The average Bonchev–Trinajstić information content (AvgIpc) is 3.26. The SMILES string of the molecule is CN(CCOCC1CC1)C(=O)c1ccc(C(=O)O)cn1. The molecule has 0 aromatic carbocycles. The molecule has 1 saturated carbocycles. The van der Waals surface area contributed by atoms with Crippen LogP contribution in [0.5, 0.6) is 0 Å². The standard InChI is InChI=1S/C14H18N2O4/c1-16(6-7-20-9-10-2-3-10)13(17)12-5-4-11(8-15-12)14(18)19/h4-5,8,10H,2-3,6-7,9H2,1H3,(H,18,19). The van der Waals surface area contributed by atoms with Gasteiger partial charge < -0.3 is 14.7 Å². The molecule has 1 aliphatic rings. The van der Waals surface area contributed by atoms with Gasteiger partial charge in [0.15, 0.2) is 0 Å². The van der Waals surface area contributed by atoms with Crippen molar-refractivity contribution in [3.8, 4) is 0 Å². The van der Waals surface area contributed by atoms with E-state index in [2.05, 4.69) is 4.98 Å². The molecule has 0 saturated heterocycles. The summed E-state index contributed by atoms with van der Waals surface area (Å²) in [4.78, 5) is 28.1. The van der Waals surface area contributed by atoms with Crippen LogP contribution in [0.2, 0.25) is 0 Å². The Morgan fingerprint density at radius 3 is 2.75 bits per heavy atom. The van der Waals surface area contributed by atoms with E-state index < -0.39 is 5.97 Å². The number of aromatic nitrogens is 1. The van der Waals surface area contributed by atoms with Crippen molar-refractivity contribution < 1.29 is 19.4 Å². The third kappa shape index (κ3) is 4.03. The summed E-state index contributed by atoms with van der Waals surface area (Å²) < 4.78 is 5.47. The number of carboxylic acids is 1. The number of carbonyl (C=O) groups is 2. The zero-order chi connectivity index (χ0) is 14.5. The lowest BCUT2D eigenvalue weighted by Crippen LogP contribution is -2.31. The first kappa shape index (κ1) is 14.5. The number of aromatic carboxylic acids is 1. The van der Waals surface area contributed by atoms with E-state index in [-0.39, 0.29) is 17.2 Å². The highest BCUT2D eigenvalue weighted by Gasteiger charge is 2.21. The van der Waals surface area contributed by atoms with Crippen LogP contribution < -0.4 is 0 Å². The van der Waals surface area contributed by atoms with Gasteiger partial charge in [0.1, 0.15) is 5.69 Å². The van der Waals surface area contributed by atoms with Gasteiger partial charge in [-0.15, -0.1) is 0 Å². The van der Waals surface area contributed by atoms with E-state index in [4.69, 9.17) is 9.84 Å². The van der Waals surface area contributed by atoms with Gasteiger partial charge in [0.2, 0.25) is 0 Å². The number of hydrogen-bond acceptors (Lipinski definition) is 4. The van der Waals surface area contributed by atoms with E-state index in [1.807, 2.05) is 0 Å². The Kier molecular flexibility index (Phi) is 4.68. The predicted molar refractivity (Wildman–Crippen MR) is 71.7 cm³/mol. The summed E-state index contributed by atoms with van der Waals surface area (Å²) in [5.41, 5.74) is 0.302. The zero-order valence-electron chi connectivity index (χ0n) is 11.4. The van der Waals surface area contributed by atoms with E-state index in [1.165, 1.54) is 36.1 Å². The topological polar surface area (TPSA) is 79.7 Å². The molecule has 0 radical (unpaired) electrons. The van der Waals surface area contributed by atoms with Gasteiger partial charge in [-0.3, -0.25) is 9.78 Å². The lowest BCUT2D eigenvalue weighted by Gasteiger charge is -2.16. The van der Waals surface area contributed by atoms with E-state index in [0.717, 1.165) is 6.61 Å². The van der Waals surface area contributed by atoms with Crippen LogP contribution in [0.4, 0.5) is 0 Å². The highest BCUT2D eigenvalue weighted by atomic mass is 16.5. The number of likely N-dealkylation sites (N-methyl/N-ethyl adjacent to an activating group) is 1. The molecule has 0 spiro atoms. The highest BCUT2D eigenvalue weighted by Crippen LogP contribution is 2.28. The minimum Gasteiger partial charge on any atom is -0.478 e. The van der Waals surface area contributed by atoms with Crippen LogP contribution in [0, 0.1) is 5.92 Å². The number of carboxylic acid groups (broad SMARTS) is 1. The number of pyridine rings is 1. The molecule has 0 aliphatic heterocycles. The van der Waals surface area contributed by atoms with Gasteiger partial charge in [-0.1, -0.05) is 0 Å². The number of amides is 1. The van der Waals surface area contributed by atoms with Gasteiger partial charge in [0.25, 0.3) is 5.91 Å². The number of nitrogens with zero attached hydrogens (tertiary/aromatic N) is 2. The minimum absolute atomic E-state index is 0.0666. The summed E-state index contributed by atoms with van der Waals surface area (Å²) in [6.07, 6.45) is 3.68. The molecular weight excluding hydrogens is 260 g/mol. The number of carbonyl (C=O) groups excluding carboxylic acids is 1. The second kappa shape index (κ2) is 6.47. The largest absolute Gasteiger partial charge is 0.478 e. The maximum atomic E-state index is 12.0. The van der Waals surface area contributed by atoms with Gasteiger partial charge in [0.05, 0.1) is 12.2 Å². The molecule has 6 nitrogen and oxygen atoms in total. The number of hydrogen-bond donors (Lipinski definition) is 1. The van der Waals surface area contributed by atoms with Gasteiger partial charge in [-0.2, -0.15) is 0 Å². The molecule has 0 atom stereocenters. The summed E-state index contributed by atoms with van der Waals surface area (Å²) in [5, 5.41) is 8.76. The van der Waals surface area contributed by atoms with Gasteiger partial charge >= 0.3 is 5.97 Å². The van der Waals surface area contributed by atoms with Crippen molar-refractivity contribution in [1.29, 1.82) is 0 Å². The van der Waals surface area contributed by atoms with Crippen molar-refractivity contribution in [3.05, 3.63) is 29.6 Å². The molecule has 0 bridgehead atoms. The number of rotatable bonds is 7. The first-order chi connectivity index (χ1) is 9.58. The molecule has 1 fully saturated rings. The van der Waals surface area contributed by atoms with E-state index in [0.29, 0.717) is 19.1 Å². The van der Waals surface area contributed by atoms with Crippen LogP contribution in [0.15, 0.2) is 18.3 Å². The highest BCUT2D eigenvalue weighted by molar-refractivity contribution is 5.93. The summed E-state index contributed by atoms with van der Waals surface area (Å²) in [6.45, 7) is 1.77. The van der Waals surface area contributed by atoms with Crippen molar-refractivity contribution >= 4 is 11.9 Å². The second-order valence-corrected chi connectivity index (χ2v) is 4.98. The van der Waals surface area contributed by atoms with Crippen molar-refractivity contribution in [2.75, 3.05) is 26.8 Å². The van der Waals surface area contributed by atoms with Crippen molar-refractivity contribution in [3.63, 3.8) is 0 Å². The Hall–Kier alpha value is -1.95. The molecule has 1 aromatic rings. The van der Waals surface area contributed by atoms with Crippen LogP contribution in [0.3, 0.4) is 0 Å². The van der Waals surface area contributed by atoms with Crippen LogP contribution in [-0.4, -0.2) is 53.7 Å². The molecule has 6 heteroatoms. The number of ether oxygens (including phenoxy) is 1. The first-order valence-electron chi connectivity index (χ1n) is 6.60. The van der Waals surface area contributed by atoms with Gasteiger partial charge in [-0.05, 0) is 30.9 Å². The molecule has 1 N–H and O–H groups in total. The zero-order valence-corrected chi connectivity index (χ0v) is 11.4. The minimum atomic E-state index is -1.06. The molecule has 1 heterocycles. The van der Waals surface area contributed by atoms with Crippen molar-refractivity contribution in [2.45, 2.75) is 12.8 Å². The smallest absolute Gasteiger partial charge is 0.337 e. The molecule has 20 heavy (non-hydrogen) atoms. The van der Waals surface area contributed by atoms with E-state index in [9.17, 15) is 9.59 Å². The van der Waals surface area contributed by atoms with Crippen LogP contribution in [-0.2, 0) is 4.74 Å². The van der Waals surface area contributed by atoms with Crippen LogP contribution in [0.1, 0.15) is 33.7 Å². The first-order valence-corrected chi connectivity index (χ1v) is 6.60. The molecule has 0 unspecified atom stereocenters. The fourth-order valence-electron chi connectivity index (χ4n) is 1.68. The lowest BCUT2D eigenvalue weighted by atomic mass is 10.2. The summed E-state index contributed by atoms with van der Waals surface area (Å²) in [7, 11) is 1.68. The molecule has 1 amide bonds. The van der Waals surface area contributed by atoms with Gasteiger partial charge in [-0.25, -0.2) is 4.79 Å². The maximum absolute atomic E-state index is 12.0. The Balaban J connectivity index is 1.80. The Morgan fingerprint density at radius 1 is 1.45 bits per heavy atom. The maximum Gasteiger partial charge on any atom is 0.337 e. The quantitative estimate of drug-likeness (QED) is 0.760. The molecule has 2 rings (SSSR count).